The molecule has 1 aromatic heterocycles. The highest BCUT2D eigenvalue weighted by Gasteiger charge is 2.01. The highest BCUT2D eigenvalue weighted by Crippen LogP contribution is 2.21. The number of aromatic nitrogens is 1. The number of nitrogens with zero attached hydrogens (tertiary/aromatic N) is 1. The fourth-order valence-electron chi connectivity index (χ4n) is 1.43. The quantitative estimate of drug-likeness (QED) is 0.685. The number of nitrogen functional groups attached to an aromatic ring is 1. The first kappa shape index (κ1) is 8.01. The number of hydrogen-bond acceptors (Lipinski definition) is 3. The third-order valence-corrected chi connectivity index (χ3v) is 2.10. The number of pyridine rings is 1. The van der Waals surface area contributed by atoms with Crippen LogP contribution >= 0.6 is 0 Å². The fraction of sp³-hybridized carbons (Fsp3) is 0.100. The van der Waals surface area contributed by atoms with Gasteiger partial charge in [0.05, 0.1) is 6.61 Å². The smallest absolute Gasteiger partial charge is 0.131 e. The van der Waals surface area contributed by atoms with Crippen LogP contribution in [-0.4, -0.2) is 10.1 Å². The molecule has 0 fully saturated rings. The molecule has 0 bridgehead atoms. The van der Waals surface area contributed by atoms with Gasteiger partial charge in [-0.25, -0.2) is 4.98 Å². The number of fused-ring (bicyclic) bond motifs is 1. The highest BCUT2D eigenvalue weighted by atomic mass is 16.3. The molecule has 2 rings (SSSR count). The second-order valence-corrected chi connectivity index (χ2v) is 2.87. The van der Waals surface area contributed by atoms with Gasteiger partial charge in [0.1, 0.15) is 5.82 Å². The van der Waals surface area contributed by atoms with E-state index in [4.69, 9.17) is 10.8 Å². The molecule has 3 heteroatoms. The van der Waals surface area contributed by atoms with Gasteiger partial charge in [0.15, 0.2) is 0 Å². The van der Waals surface area contributed by atoms with Gasteiger partial charge in [0, 0.05) is 11.6 Å². The van der Waals surface area contributed by atoms with Gasteiger partial charge in [0.25, 0.3) is 0 Å². The van der Waals surface area contributed by atoms with E-state index >= 15 is 0 Å². The second-order valence-electron chi connectivity index (χ2n) is 2.87. The molecular weight excluding hydrogens is 164 g/mol. The monoisotopic (exact) mass is 174 g/mol. The van der Waals surface area contributed by atoms with Crippen molar-refractivity contribution in [1.29, 1.82) is 0 Å². The van der Waals surface area contributed by atoms with Crippen molar-refractivity contribution in [3.05, 3.63) is 36.0 Å². The van der Waals surface area contributed by atoms with E-state index in [1.54, 1.807) is 6.20 Å². The van der Waals surface area contributed by atoms with Crippen LogP contribution in [0.15, 0.2) is 30.5 Å². The summed E-state index contributed by atoms with van der Waals surface area (Å²) in [5, 5.41) is 10.9. The number of rotatable bonds is 1. The minimum absolute atomic E-state index is 0.0286. The molecule has 13 heavy (non-hydrogen) atoms. The van der Waals surface area contributed by atoms with E-state index in [9.17, 15) is 0 Å². The molecule has 66 valence electrons. The number of benzene rings is 1. The van der Waals surface area contributed by atoms with Crippen LogP contribution in [0.25, 0.3) is 10.8 Å². The molecule has 0 amide bonds. The lowest BCUT2D eigenvalue weighted by Crippen LogP contribution is -1.93. The summed E-state index contributed by atoms with van der Waals surface area (Å²) < 4.78 is 0. The summed E-state index contributed by atoms with van der Waals surface area (Å²) in [4.78, 5) is 3.98. The van der Waals surface area contributed by atoms with E-state index in [-0.39, 0.29) is 6.61 Å². The Hall–Kier alpha value is -1.61. The average Bonchev–Trinajstić information content (AvgIpc) is 2.18. The van der Waals surface area contributed by atoms with Gasteiger partial charge in [-0.15, -0.1) is 0 Å². The standard InChI is InChI=1S/C10H10N2O/c11-10-9-3-1-2-7(6-13)8(9)4-5-12-10/h1-5,13H,6H2,(H2,11,12). The second kappa shape index (κ2) is 3.03. The van der Waals surface area contributed by atoms with Crippen LogP contribution in [0.3, 0.4) is 0 Å². The van der Waals surface area contributed by atoms with Gasteiger partial charge < -0.3 is 10.8 Å². The van der Waals surface area contributed by atoms with Crippen molar-refractivity contribution in [2.24, 2.45) is 0 Å². The maximum absolute atomic E-state index is 9.07. The lowest BCUT2D eigenvalue weighted by atomic mass is 10.1. The van der Waals surface area contributed by atoms with E-state index in [1.807, 2.05) is 24.3 Å². The molecule has 3 nitrogen and oxygen atoms in total. The molecule has 1 heterocycles. The molecule has 0 spiro atoms. The zero-order chi connectivity index (χ0) is 9.26. The third-order valence-electron chi connectivity index (χ3n) is 2.10. The summed E-state index contributed by atoms with van der Waals surface area (Å²) in [6.45, 7) is 0.0286. The van der Waals surface area contributed by atoms with Crippen LogP contribution in [-0.2, 0) is 6.61 Å². The molecular formula is C10H10N2O. The van der Waals surface area contributed by atoms with E-state index in [0.717, 1.165) is 16.3 Å². The van der Waals surface area contributed by atoms with E-state index in [0.29, 0.717) is 5.82 Å². The maximum atomic E-state index is 9.07. The fourth-order valence-corrected chi connectivity index (χ4v) is 1.43. The lowest BCUT2D eigenvalue weighted by molar-refractivity contribution is 0.283. The first-order chi connectivity index (χ1) is 6.33. The largest absolute Gasteiger partial charge is 0.392 e. The Labute approximate surface area is 75.8 Å². The van der Waals surface area contributed by atoms with E-state index in [1.165, 1.54) is 0 Å². The van der Waals surface area contributed by atoms with E-state index in [2.05, 4.69) is 4.98 Å². The van der Waals surface area contributed by atoms with Crippen molar-refractivity contribution >= 4 is 16.6 Å². The molecule has 0 aliphatic rings. The van der Waals surface area contributed by atoms with Crippen molar-refractivity contribution < 1.29 is 5.11 Å². The summed E-state index contributed by atoms with van der Waals surface area (Å²) >= 11 is 0. The van der Waals surface area contributed by atoms with Crippen LogP contribution in [0.2, 0.25) is 0 Å². The van der Waals surface area contributed by atoms with Crippen molar-refractivity contribution in [2.75, 3.05) is 5.73 Å². The summed E-state index contributed by atoms with van der Waals surface area (Å²) in [6.07, 6.45) is 1.65. The predicted molar refractivity (Wildman–Crippen MR) is 52.1 cm³/mol. The molecule has 0 atom stereocenters. The molecule has 0 radical (unpaired) electrons. The summed E-state index contributed by atoms with van der Waals surface area (Å²) in [6, 6.07) is 7.50. The van der Waals surface area contributed by atoms with Crippen molar-refractivity contribution in [3.8, 4) is 0 Å². The number of aliphatic hydroxyl groups excluding tert-OH is 1. The van der Waals surface area contributed by atoms with Crippen LogP contribution in [0.4, 0.5) is 5.82 Å². The van der Waals surface area contributed by atoms with Gasteiger partial charge in [-0.1, -0.05) is 18.2 Å². The van der Waals surface area contributed by atoms with Gasteiger partial charge >= 0.3 is 0 Å². The number of aliphatic hydroxyl groups is 1. The molecule has 0 saturated carbocycles. The third kappa shape index (κ3) is 1.23. The Bertz CT molecular complexity index is 440. The van der Waals surface area contributed by atoms with Crippen molar-refractivity contribution in [2.45, 2.75) is 6.61 Å². The molecule has 2 aromatic rings. The Morgan fingerprint density at radius 2 is 2.08 bits per heavy atom. The van der Waals surface area contributed by atoms with Gasteiger partial charge in [-0.3, -0.25) is 0 Å². The maximum Gasteiger partial charge on any atom is 0.131 e. The Kier molecular flexibility index (Phi) is 1.87. The lowest BCUT2D eigenvalue weighted by Gasteiger charge is -2.04. The first-order valence-electron chi connectivity index (χ1n) is 4.06. The topological polar surface area (TPSA) is 59.1 Å². The highest BCUT2D eigenvalue weighted by molar-refractivity contribution is 5.92. The minimum Gasteiger partial charge on any atom is -0.392 e. The molecule has 3 N–H and O–H groups in total. The SMILES string of the molecule is Nc1nccc2c(CO)cccc12. The summed E-state index contributed by atoms with van der Waals surface area (Å²) in [7, 11) is 0. The molecule has 0 unspecified atom stereocenters. The zero-order valence-corrected chi connectivity index (χ0v) is 7.07. The van der Waals surface area contributed by atoms with Gasteiger partial charge in [-0.2, -0.15) is 0 Å². The van der Waals surface area contributed by atoms with Crippen molar-refractivity contribution in [1.82, 2.24) is 4.98 Å². The number of nitrogens with two attached hydrogens (primary N) is 1. The normalized spacial score (nSPS) is 10.5. The van der Waals surface area contributed by atoms with Crippen LogP contribution < -0.4 is 5.73 Å². The Balaban J connectivity index is 2.84. The van der Waals surface area contributed by atoms with Crippen molar-refractivity contribution in [3.63, 3.8) is 0 Å². The predicted octanol–water partition coefficient (Wildman–Crippen LogP) is 1.31. The van der Waals surface area contributed by atoms with Gasteiger partial charge in [-0.05, 0) is 17.0 Å². The number of hydrogen-bond donors (Lipinski definition) is 2. The molecule has 0 saturated heterocycles. The molecule has 1 aromatic carbocycles. The van der Waals surface area contributed by atoms with E-state index < -0.39 is 0 Å². The van der Waals surface area contributed by atoms with Crippen LogP contribution in [0.5, 0.6) is 0 Å². The summed E-state index contributed by atoms with van der Waals surface area (Å²) in [5.74, 6) is 0.507. The number of anilines is 1. The summed E-state index contributed by atoms with van der Waals surface area (Å²) in [5.41, 5.74) is 6.57. The Morgan fingerprint density at radius 3 is 2.85 bits per heavy atom. The zero-order valence-electron chi connectivity index (χ0n) is 7.07. The Morgan fingerprint density at radius 1 is 1.23 bits per heavy atom. The molecule has 0 aliphatic heterocycles. The van der Waals surface area contributed by atoms with Gasteiger partial charge in [0.2, 0.25) is 0 Å². The molecule has 0 aliphatic carbocycles. The minimum atomic E-state index is 0.0286. The average molecular weight is 174 g/mol. The van der Waals surface area contributed by atoms with Crippen LogP contribution in [0, 0.1) is 0 Å². The van der Waals surface area contributed by atoms with Crippen LogP contribution in [0.1, 0.15) is 5.56 Å². The first-order valence-corrected chi connectivity index (χ1v) is 4.06.